The highest BCUT2D eigenvalue weighted by molar-refractivity contribution is 6.30. The summed E-state index contributed by atoms with van der Waals surface area (Å²) in [6.45, 7) is 1.99. The van der Waals surface area contributed by atoms with Crippen LogP contribution in [0.25, 0.3) is 0 Å². The van der Waals surface area contributed by atoms with Crippen LogP contribution in [-0.2, 0) is 0 Å². The summed E-state index contributed by atoms with van der Waals surface area (Å²) >= 11 is 6.02. The van der Waals surface area contributed by atoms with Gasteiger partial charge >= 0.3 is 0 Å². The van der Waals surface area contributed by atoms with Crippen molar-refractivity contribution in [2.75, 3.05) is 11.1 Å². The van der Waals surface area contributed by atoms with E-state index in [-0.39, 0.29) is 5.91 Å². The van der Waals surface area contributed by atoms with Crippen molar-refractivity contribution in [3.8, 4) is 0 Å². The normalized spacial score (nSPS) is 13.7. The number of nitrogens with two attached hydrogens (primary N) is 1. The quantitative estimate of drug-likeness (QED) is 0.750. The second kappa shape index (κ2) is 5.89. The van der Waals surface area contributed by atoms with Crippen molar-refractivity contribution in [3.63, 3.8) is 0 Å². The van der Waals surface area contributed by atoms with Gasteiger partial charge in [-0.05, 0) is 55.7 Å². The van der Waals surface area contributed by atoms with Crippen LogP contribution in [0.3, 0.4) is 0 Å². The maximum absolute atomic E-state index is 12.0. The van der Waals surface area contributed by atoms with Crippen LogP contribution >= 0.6 is 11.6 Å². The van der Waals surface area contributed by atoms with Crippen molar-refractivity contribution < 1.29 is 4.79 Å². The van der Waals surface area contributed by atoms with Gasteiger partial charge in [-0.1, -0.05) is 17.7 Å². The summed E-state index contributed by atoms with van der Waals surface area (Å²) < 4.78 is 0. The fourth-order valence-corrected chi connectivity index (χ4v) is 2.36. The number of hydrogen-bond acceptors (Lipinski definition) is 3. The summed E-state index contributed by atoms with van der Waals surface area (Å²) in [6, 6.07) is 11.3. The molecular weight excluding hydrogens is 298 g/mol. The third-order valence-corrected chi connectivity index (χ3v) is 3.93. The molecule has 0 spiro atoms. The van der Waals surface area contributed by atoms with E-state index >= 15 is 0 Å². The van der Waals surface area contributed by atoms with Crippen LogP contribution in [0.5, 0.6) is 0 Å². The van der Waals surface area contributed by atoms with Crippen molar-refractivity contribution in [2.45, 2.75) is 25.8 Å². The Bertz CT molecular complexity index is 726. The average molecular weight is 316 g/mol. The Morgan fingerprint density at radius 1 is 1.18 bits per heavy atom. The van der Waals surface area contributed by atoms with Crippen LogP contribution in [0.1, 0.15) is 28.8 Å². The zero-order chi connectivity index (χ0) is 15.7. The molecular formula is C17H18ClN3O. The van der Waals surface area contributed by atoms with Crippen molar-refractivity contribution in [2.24, 2.45) is 0 Å². The lowest BCUT2D eigenvalue weighted by Gasteiger charge is -2.13. The van der Waals surface area contributed by atoms with Gasteiger partial charge in [-0.3, -0.25) is 4.79 Å². The number of carbonyl (C=O) groups is 1. The van der Waals surface area contributed by atoms with E-state index in [1.165, 1.54) is 0 Å². The van der Waals surface area contributed by atoms with Gasteiger partial charge < -0.3 is 16.4 Å². The number of benzene rings is 2. The predicted molar refractivity (Wildman–Crippen MR) is 90.8 cm³/mol. The van der Waals surface area contributed by atoms with Crippen LogP contribution < -0.4 is 16.4 Å². The Balaban J connectivity index is 1.79. The molecule has 1 aliphatic carbocycles. The molecule has 1 aliphatic rings. The molecule has 114 valence electrons. The van der Waals surface area contributed by atoms with Gasteiger partial charge in [-0.2, -0.15) is 0 Å². The lowest BCUT2D eigenvalue weighted by atomic mass is 10.1. The van der Waals surface area contributed by atoms with Crippen molar-refractivity contribution in [1.82, 2.24) is 5.32 Å². The first kappa shape index (κ1) is 14.7. The van der Waals surface area contributed by atoms with E-state index in [2.05, 4.69) is 10.6 Å². The highest BCUT2D eigenvalue weighted by Gasteiger charge is 2.23. The molecule has 3 rings (SSSR count). The Hall–Kier alpha value is -2.20. The molecule has 0 saturated heterocycles. The molecule has 0 heterocycles. The second-order valence-corrected chi connectivity index (χ2v) is 6.07. The van der Waals surface area contributed by atoms with E-state index in [1.54, 1.807) is 12.1 Å². The smallest absolute Gasteiger partial charge is 0.251 e. The number of halogens is 1. The minimum atomic E-state index is -0.0697. The van der Waals surface area contributed by atoms with Gasteiger partial charge in [0, 0.05) is 22.3 Å². The van der Waals surface area contributed by atoms with Crippen molar-refractivity contribution >= 4 is 34.6 Å². The Morgan fingerprint density at radius 3 is 2.64 bits per heavy atom. The fourth-order valence-electron chi connectivity index (χ4n) is 2.19. The Morgan fingerprint density at radius 2 is 1.95 bits per heavy atom. The number of rotatable bonds is 4. The molecule has 2 aromatic rings. The molecule has 0 bridgehead atoms. The molecule has 4 nitrogen and oxygen atoms in total. The lowest BCUT2D eigenvalue weighted by Crippen LogP contribution is -2.25. The summed E-state index contributed by atoms with van der Waals surface area (Å²) in [5.74, 6) is -0.0697. The zero-order valence-electron chi connectivity index (χ0n) is 12.3. The molecule has 1 amide bonds. The van der Waals surface area contributed by atoms with Crippen LogP contribution in [0.4, 0.5) is 17.1 Å². The van der Waals surface area contributed by atoms with E-state index < -0.39 is 0 Å². The van der Waals surface area contributed by atoms with Crippen molar-refractivity contribution in [1.29, 1.82) is 0 Å². The van der Waals surface area contributed by atoms with Gasteiger partial charge in [0.1, 0.15) is 0 Å². The molecule has 0 atom stereocenters. The molecule has 0 aromatic heterocycles. The highest BCUT2D eigenvalue weighted by Crippen LogP contribution is 2.28. The SMILES string of the molecule is Cc1ccc(Cl)cc1Nc1ccc(C(=O)NC2CC2)cc1N. The number of aryl methyl sites for hydroxylation is 1. The van der Waals surface area contributed by atoms with E-state index in [0.29, 0.717) is 22.3 Å². The molecule has 1 fully saturated rings. The first-order valence-electron chi connectivity index (χ1n) is 7.26. The number of hydrogen-bond donors (Lipinski definition) is 3. The Labute approximate surface area is 134 Å². The number of amides is 1. The Kier molecular flexibility index (Phi) is 3.94. The van der Waals surface area contributed by atoms with E-state index in [0.717, 1.165) is 29.8 Å². The first-order valence-corrected chi connectivity index (χ1v) is 7.64. The molecule has 5 heteroatoms. The van der Waals surface area contributed by atoms with Gasteiger partial charge in [0.15, 0.2) is 0 Å². The molecule has 0 aliphatic heterocycles. The summed E-state index contributed by atoms with van der Waals surface area (Å²) in [6.07, 6.45) is 2.13. The van der Waals surface area contributed by atoms with Crippen LogP contribution in [-0.4, -0.2) is 11.9 Å². The average Bonchev–Trinajstić information content (AvgIpc) is 3.28. The van der Waals surface area contributed by atoms with Gasteiger partial charge in [-0.25, -0.2) is 0 Å². The van der Waals surface area contributed by atoms with Crippen LogP contribution in [0.15, 0.2) is 36.4 Å². The molecule has 22 heavy (non-hydrogen) atoms. The number of nitrogens with one attached hydrogen (secondary N) is 2. The topological polar surface area (TPSA) is 67.2 Å². The molecule has 4 N–H and O–H groups in total. The zero-order valence-corrected chi connectivity index (χ0v) is 13.1. The highest BCUT2D eigenvalue weighted by atomic mass is 35.5. The van der Waals surface area contributed by atoms with Gasteiger partial charge in [-0.15, -0.1) is 0 Å². The summed E-state index contributed by atoms with van der Waals surface area (Å²) in [5, 5.41) is 6.87. The largest absolute Gasteiger partial charge is 0.397 e. The number of carbonyl (C=O) groups excluding carboxylic acids is 1. The third-order valence-electron chi connectivity index (χ3n) is 3.70. The maximum atomic E-state index is 12.0. The number of nitrogen functional groups attached to an aromatic ring is 1. The van der Waals surface area contributed by atoms with Gasteiger partial charge in [0.25, 0.3) is 5.91 Å². The van der Waals surface area contributed by atoms with Crippen LogP contribution in [0, 0.1) is 6.92 Å². The molecule has 2 aromatic carbocycles. The van der Waals surface area contributed by atoms with E-state index in [9.17, 15) is 4.79 Å². The first-order chi connectivity index (χ1) is 10.5. The second-order valence-electron chi connectivity index (χ2n) is 5.63. The fraction of sp³-hybridized carbons (Fsp3) is 0.235. The molecule has 0 unspecified atom stereocenters. The minimum Gasteiger partial charge on any atom is -0.397 e. The summed E-state index contributed by atoms with van der Waals surface area (Å²) in [5.41, 5.74) is 9.90. The third kappa shape index (κ3) is 3.34. The van der Waals surface area contributed by atoms with Crippen molar-refractivity contribution in [3.05, 3.63) is 52.5 Å². The van der Waals surface area contributed by atoms with E-state index in [1.807, 2.05) is 31.2 Å². The monoisotopic (exact) mass is 315 g/mol. The lowest BCUT2D eigenvalue weighted by molar-refractivity contribution is 0.0951. The summed E-state index contributed by atoms with van der Waals surface area (Å²) in [4.78, 5) is 12.0. The minimum absolute atomic E-state index is 0.0697. The molecule has 0 radical (unpaired) electrons. The van der Waals surface area contributed by atoms with Crippen LogP contribution in [0.2, 0.25) is 5.02 Å². The van der Waals surface area contributed by atoms with E-state index in [4.69, 9.17) is 17.3 Å². The van der Waals surface area contributed by atoms with Gasteiger partial charge in [0.05, 0.1) is 11.4 Å². The van der Waals surface area contributed by atoms with Gasteiger partial charge in [0.2, 0.25) is 0 Å². The maximum Gasteiger partial charge on any atom is 0.251 e. The molecule has 1 saturated carbocycles. The number of anilines is 3. The standard InChI is InChI=1S/C17H18ClN3O/c1-10-2-4-12(18)9-16(10)21-15-7-3-11(8-14(15)19)17(22)20-13-5-6-13/h2-4,7-9,13,21H,5-6,19H2,1H3,(H,20,22). The summed E-state index contributed by atoms with van der Waals surface area (Å²) in [7, 11) is 0. The predicted octanol–water partition coefficient (Wildman–Crippen LogP) is 3.87.